The third-order valence-corrected chi connectivity index (χ3v) is 7.59. The summed E-state index contributed by atoms with van der Waals surface area (Å²) in [6.07, 6.45) is 2.75. The predicted octanol–water partition coefficient (Wildman–Crippen LogP) is 5.49. The van der Waals surface area contributed by atoms with E-state index >= 15 is 0 Å². The highest BCUT2D eigenvalue weighted by molar-refractivity contribution is 5.79. The Morgan fingerprint density at radius 2 is 1.38 bits per heavy atom. The van der Waals surface area contributed by atoms with Gasteiger partial charge in [0.2, 0.25) is 0 Å². The molecule has 2 bridgehead atoms. The highest BCUT2D eigenvalue weighted by Crippen LogP contribution is 2.55. The van der Waals surface area contributed by atoms with E-state index in [0.29, 0.717) is 12.8 Å². The van der Waals surface area contributed by atoms with Crippen LogP contribution in [0, 0.1) is 0 Å². The van der Waals surface area contributed by atoms with Crippen molar-refractivity contribution in [1.82, 2.24) is 4.90 Å². The molecule has 32 heavy (non-hydrogen) atoms. The van der Waals surface area contributed by atoms with Gasteiger partial charge in [0.05, 0.1) is 5.60 Å². The van der Waals surface area contributed by atoms with E-state index in [1.807, 2.05) is 35.2 Å². The molecule has 0 radical (unpaired) electrons. The molecule has 2 saturated heterocycles. The Labute approximate surface area is 188 Å². The summed E-state index contributed by atoms with van der Waals surface area (Å²) in [5.41, 5.74) is 4.97. The number of rotatable bonds is 3. The van der Waals surface area contributed by atoms with Gasteiger partial charge in [0.1, 0.15) is 6.61 Å². The number of hydrogen-bond donors (Lipinski definition) is 1. The zero-order valence-electron chi connectivity index (χ0n) is 18.0. The minimum atomic E-state index is -0.870. The molecule has 1 aliphatic carbocycles. The fourth-order valence-corrected chi connectivity index (χ4v) is 6.32. The molecule has 4 heteroatoms. The number of nitrogens with zero attached hydrogens (tertiary/aromatic N) is 1. The largest absolute Gasteiger partial charge is 0.445 e. The van der Waals surface area contributed by atoms with Gasteiger partial charge in [-0.25, -0.2) is 4.79 Å². The van der Waals surface area contributed by atoms with E-state index in [2.05, 4.69) is 48.5 Å². The molecule has 1 N–H and O–H groups in total. The fraction of sp³-hybridized carbons (Fsp3) is 0.321. The molecule has 0 aromatic heterocycles. The van der Waals surface area contributed by atoms with Crippen LogP contribution in [0.15, 0.2) is 78.9 Å². The topological polar surface area (TPSA) is 49.8 Å². The summed E-state index contributed by atoms with van der Waals surface area (Å²) in [6, 6.07) is 26.7. The summed E-state index contributed by atoms with van der Waals surface area (Å²) in [7, 11) is 0. The Morgan fingerprint density at radius 3 is 1.97 bits per heavy atom. The molecule has 2 aliphatic heterocycles. The van der Waals surface area contributed by atoms with Gasteiger partial charge >= 0.3 is 6.09 Å². The first kappa shape index (κ1) is 19.6. The number of piperidine rings is 1. The molecule has 2 atom stereocenters. The zero-order chi connectivity index (χ0) is 21.7. The van der Waals surface area contributed by atoms with Crippen molar-refractivity contribution in [3.63, 3.8) is 0 Å². The molecule has 4 nitrogen and oxygen atoms in total. The number of amides is 1. The van der Waals surface area contributed by atoms with Gasteiger partial charge in [-0.15, -0.1) is 0 Å². The van der Waals surface area contributed by atoms with Crippen LogP contribution < -0.4 is 0 Å². The molecule has 1 amide bonds. The van der Waals surface area contributed by atoms with Crippen LogP contribution in [0.25, 0.3) is 11.1 Å². The summed E-state index contributed by atoms with van der Waals surface area (Å²) in [5, 5.41) is 12.1. The van der Waals surface area contributed by atoms with E-state index in [1.54, 1.807) is 0 Å². The Hall–Kier alpha value is -3.11. The van der Waals surface area contributed by atoms with E-state index in [9.17, 15) is 9.90 Å². The average Bonchev–Trinajstić information content (AvgIpc) is 3.31. The SMILES string of the molecule is O=C(OCc1ccccc1)N1C2CCC1CC(O)(C1c3ccccc3-c3ccccc31)C2. The monoisotopic (exact) mass is 425 g/mol. The minimum absolute atomic E-state index is 0.0157. The average molecular weight is 426 g/mol. The van der Waals surface area contributed by atoms with E-state index in [4.69, 9.17) is 4.74 Å². The zero-order valence-corrected chi connectivity index (χ0v) is 18.0. The second-order valence-electron chi connectivity index (χ2n) is 9.45. The molecular formula is C28H27NO3. The van der Waals surface area contributed by atoms with Gasteiger partial charge in [-0.05, 0) is 53.5 Å². The number of fused-ring (bicyclic) bond motifs is 5. The van der Waals surface area contributed by atoms with Crippen molar-refractivity contribution in [2.45, 2.75) is 55.9 Å². The second-order valence-corrected chi connectivity index (χ2v) is 9.45. The Balaban J connectivity index is 1.26. The highest BCUT2D eigenvalue weighted by atomic mass is 16.6. The molecular weight excluding hydrogens is 398 g/mol. The van der Waals surface area contributed by atoms with Crippen molar-refractivity contribution in [3.8, 4) is 11.1 Å². The Morgan fingerprint density at radius 1 is 0.844 bits per heavy atom. The van der Waals surface area contributed by atoms with Crippen LogP contribution >= 0.6 is 0 Å². The first-order valence-electron chi connectivity index (χ1n) is 11.5. The first-order chi connectivity index (χ1) is 15.6. The van der Waals surface area contributed by atoms with Gasteiger partial charge < -0.3 is 14.7 Å². The van der Waals surface area contributed by atoms with E-state index < -0.39 is 5.60 Å². The molecule has 0 spiro atoms. The van der Waals surface area contributed by atoms with Crippen LogP contribution in [0.4, 0.5) is 4.79 Å². The standard InChI is InChI=1S/C28H27NO3/c30-27(32-18-19-8-2-1-3-9-19)29-20-14-15-21(29)17-28(31,16-20)26-24-12-6-4-10-22(24)23-11-5-7-13-25(23)26/h1-13,20-21,26,31H,14-18H2. The van der Waals surface area contributed by atoms with Gasteiger partial charge in [0.15, 0.2) is 0 Å². The number of hydrogen-bond acceptors (Lipinski definition) is 3. The molecule has 2 unspecified atom stereocenters. The number of carbonyl (C=O) groups excluding carboxylic acids is 1. The van der Waals surface area contributed by atoms with E-state index in [-0.39, 0.29) is 30.7 Å². The van der Waals surface area contributed by atoms with Crippen molar-refractivity contribution in [2.75, 3.05) is 0 Å². The van der Waals surface area contributed by atoms with Crippen LogP contribution in [0.2, 0.25) is 0 Å². The summed E-state index contributed by atoms with van der Waals surface area (Å²) in [5.74, 6) is -0.0551. The predicted molar refractivity (Wildman–Crippen MR) is 123 cm³/mol. The molecule has 3 aromatic rings. The Bertz CT molecular complexity index is 1100. The maximum Gasteiger partial charge on any atom is 0.410 e. The number of carbonyl (C=O) groups is 1. The summed E-state index contributed by atoms with van der Waals surface area (Å²) in [4.78, 5) is 14.9. The highest BCUT2D eigenvalue weighted by Gasteiger charge is 2.55. The van der Waals surface area contributed by atoms with Crippen molar-refractivity contribution in [2.24, 2.45) is 0 Å². The minimum Gasteiger partial charge on any atom is -0.445 e. The molecule has 162 valence electrons. The maximum atomic E-state index is 13.0. The van der Waals surface area contributed by atoms with Crippen molar-refractivity contribution >= 4 is 6.09 Å². The molecule has 2 heterocycles. The van der Waals surface area contributed by atoms with Gasteiger partial charge in [-0.2, -0.15) is 0 Å². The van der Waals surface area contributed by atoms with Crippen LogP contribution in [-0.4, -0.2) is 33.8 Å². The van der Waals surface area contributed by atoms with Crippen molar-refractivity contribution in [3.05, 3.63) is 95.6 Å². The summed E-state index contributed by atoms with van der Waals surface area (Å²) >= 11 is 0. The van der Waals surface area contributed by atoms with Crippen LogP contribution in [-0.2, 0) is 11.3 Å². The smallest absolute Gasteiger partial charge is 0.410 e. The van der Waals surface area contributed by atoms with E-state index in [0.717, 1.165) is 18.4 Å². The Kier molecular flexibility index (Phi) is 4.58. The molecule has 0 saturated carbocycles. The number of ether oxygens (including phenoxy) is 1. The van der Waals surface area contributed by atoms with Gasteiger partial charge in [0.25, 0.3) is 0 Å². The van der Waals surface area contributed by atoms with Crippen LogP contribution in [0.1, 0.15) is 48.3 Å². The third-order valence-electron chi connectivity index (χ3n) is 7.59. The lowest BCUT2D eigenvalue weighted by Gasteiger charge is -2.46. The van der Waals surface area contributed by atoms with Gasteiger partial charge in [-0.1, -0.05) is 78.9 Å². The second kappa shape index (κ2) is 7.49. The molecule has 3 aliphatic rings. The van der Waals surface area contributed by atoms with Gasteiger partial charge in [0, 0.05) is 18.0 Å². The first-order valence-corrected chi connectivity index (χ1v) is 11.5. The molecule has 3 aromatic carbocycles. The summed E-state index contributed by atoms with van der Waals surface area (Å²) in [6.45, 7) is 0.281. The lowest BCUT2D eigenvalue weighted by atomic mass is 9.72. The fourth-order valence-electron chi connectivity index (χ4n) is 6.32. The van der Waals surface area contributed by atoms with Crippen molar-refractivity contribution in [1.29, 1.82) is 0 Å². The van der Waals surface area contributed by atoms with Crippen LogP contribution in [0.3, 0.4) is 0 Å². The number of benzene rings is 3. The lowest BCUT2D eigenvalue weighted by Crippen LogP contribution is -2.55. The molecule has 6 rings (SSSR count). The lowest BCUT2D eigenvalue weighted by molar-refractivity contribution is -0.0585. The normalized spacial score (nSPS) is 26.0. The van der Waals surface area contributed by atoms with Crippen molar-refractivity contribution < 1.29 is 14.6 Å². The third kappa shape index (κ3) is 3.05. The van der Waals surface area contributed by atoms with Gasteiger partial charge in [-0.3, -0.25) is 0 Å². The quantitative estimate of drug-likeness (QED) is 0.603. The molecule has 2 fully saturated rings. The maximum absolute atomic E-state index is 13.0. The summed E-state index contributed by atoms with van der Waals surface area (Å²) < 4.78 is 5.66. The van der Waals surface area contributed by atoms with E-state index in [1.165, 1.54) is 22.3 Å². The number of aliphatic hydroxyl groups is 1. The van der Waals surface area contributed by atoms with Crippen LogP contribution in [0.5, 0.6) is 0 Å².